The van der Waals surface area contributed by atoms with E-state index in [-0.39, 0.29) is 0 Å². The van der Waals surface area contributed by atoms with Crippen molar-refractivity contribution >= 4 is 48.3 Å². The van der Waals surface area contributed by atoms with Gasteiger partial charge in [0.15, 0.2) is 0 Å². The van der Waals surface area contributed by atoms with E-state index >= 15 is 0 Å². The molecule has 0 fully saturated rings. The molecule has 3 aromatic rings. The Morgan fingerprint density at radius 1 is 0.571 bits per heavy atom. The first-order valence-electron chi connectivity index (χ1n) is 11.2. The van der Waals surface area contributed by atoms with Crippen molar-refractivity contribution in [2.45, 2.75) is 77.8 Å². The lowest BCUT2D eigenvalue weighted by Crippen LogP contribution is -2.46. The van der Waals surface area contributed by atoms with E-state index < -0.39 is 16.1 Å². The van der Waals surface area contributed by atoms with Gasteiger partial charge in [-0.2, -0.15) is 0 Å². The van der Waals surface area contributed by atoms with Crippen LogP contribution in [-0.2, 0) is 0 Å². The molecule has 2 heterocycles. The highest BCUT2D eigenvalue weighted by atomic mass is 28.3. The number of hydrogen-bond acceptors (Lipinski definition) is 2. The lowest BCUT2D eigenvalue weighted by Gasteiger charge is -2.29. The van der Waals surface area contributed by atoms with Crippen molar-refractivity contribution in [2.24, 2.45) is 0 Å². The Hall–Kier alpha value is -1.53. The van der Waals surface area contributed by atoms with Crippen LogP contribution >= 0.6 is 0 Å². The molecule has 0 unspecified atom stereocenters. The molecule has 0 aliphatic heterocycles. The third kappa shape index (κ3) is 3.35. The fourth-order valence-corrected chi connectivity index (χ4v) is 12.1. The molecule has 3 rings (SSSR count). The summed E-state index contributed by atoms with van der Waals surface area (Å²) in [6.45, 7) is 14.2. The van der Waals surface area contributed by atoms with Crippen molar-refractivity contribution in [3.8, 4) is 0 Å². The number of nitrogens with zero attached hydrogens (tertiary/aromatic N) is 2. The van der Waals surface area contributed by atoms with Crippen LogP contribution in [0.15, 0.2) is 36.7 Å². The fourth-order valence-electron chi connectivity index (χ4n) is 5.10. The summed E-state index contributed by atoms with van der Waals surface area (Å²) in [6.07, 6.45) is 4.34. The van der Waals surface area contributed by atoms with Crippen molar-refractivity contribution in [3.05, 3.63) is 36.7 Å². The molecule has 4 heteroatoms. The van der Waals surface area contributed by atoms with E-state index in [1.807, 2.05) is 0 Å². The largest absolute Gasteiger partial charge is 0.254 e. The second-order valence-corrected chi connectivity index (χ2v) is 18.9. The van der Waals surface area contributed by atoms with E-state index in [9.17, 15) is 0 Å². The molecule has 0 saturated carbocycles. The molecule has 0 aliphatic rings. The lowest BCUT2D eigenvalue weighted by atomic mass is 10.1. The van der Waals surface area contributed by atoms with Crippen LogP contribution in [0.3, 0.4) is 0 Å². The molecule has 2 aromatic heterocycles. The molecular formula is C24H36N2Si2. The predicted molar refractivity (Wildman–Crippen MR) is 131 cm³/mol. The summed E-state index contributed by atoms with van der Waals surface area (Å²) in [6, 6.07) is 17.1. The van der Waals surface area contributed by atoms with Crippen LogP contribution in [0.5, 0.6) is 0 Å². The zero-order valence-corrected chi connectivity index (χ0v) is 20.6. The average molecular weight is 409 g/mol. The quantitative estimate of drug-likeness (QED) is 0.327. The maximum absolute atomic E-state index is 4.95. The minimum Gasteiger partial charge on any atom is -0.254 e. The lowest BCUT2D eigenvalue weighted by molar-refractivity contribution is 1.19. The van der Waals surface area contributed by atoms with Gasteiger partial charge in [0.1, 0.15) is 0 Å². The third-order valence-electron chi connectivity index (χ3n) is 7.79. The van der Waals surface area contributed by atoms with Crippen LogP contribution in [0.1, 0.15) is 41.5 Å². The van der Waals surface area contributed by atoms with E-state index in [0.29, 0.717) is 0 Å². The first kappa shape index (κ1) is 21.2. The molecule has 0 atom stereocenters. The standard InChI is InChI=1S/C24H36N2Si2/c1-7-27(8-2,9-3)21-15-19-13-14-20-16-22(28(10-4,11-5)12-6)18-26-24(20)23(19)25-17-21/h13-18H,7-12H2,1-6H3. The number of rotatable bonds is 8. The Kier molecular flexibility index (Phi) is 6.40. The topological polar surface area (TPSA) is 25.8 Å². The van der Waals surface area contributed by atoms with Crippen molar-refractivity contribution in [3.63, 3.8) is 0 Å². The maximum atomic E-state index is 4.95. The van der Waals surface area contributed by atoms with E-state index in [4.69, 9.17) is 9.97 Å². The minimum absolute atomic E-state index is 1.07. The fraction of sp³-hybridized carbons (Fsp3) is 0.500. The van der Waals surface area contributed by atoms with Crippen molar-refractivity contribution < 1.29 is 0 Å². The van der Waals surface area contributed by atoms with Gasteiger partial charge in [-0.1, -0.05) is 102 Å². The Labute approximate surface area is 172 Å². The van der Waals surface area contributed by atoms with E-state index in [0.717, 1.165) is 11.0 Å². The molecule has 2 nitrogen and oxygen atoms in total. The van der Waals surface area contributed by atoms with Crippen LogP contribution in [0.25, 0.3) is 21.8 Å². The predicted octanol–water partition coefficient (Wildman–Crippen LogP) is 6.21. The minimum atomic E-state index is -1.40. The summed E-state index contributed by atoms with van der Waals surface area (Å²) in [5, 5.41) is 5.53. The zero-order chi connectivity index (χ0) is 20.4. The van der Waals surface area contributed by atoms with Gasteiger partial charge in [-0.25, -0.2) is 0 Å². The Morgan fingerprint density at radius 2 is 0.893 bits per heavy atom. The number of pyridine rings is 2. The van der Waals surface area contributed by atoms with E-state index in [1.165, 1.54) is 57.4 Å². The highest BCUT2D eigenvalue weighted by Gasteiger charge is 2.31. The molecule has 0 radical (unpaired) electrons. The summed E-state index contributed by atoms with van der Waals surface area (Å²) < 4.78 is 0. The Morgan fingerprint density at radius 3 is 1.18 bits per heavy atom. The van der Waals surface area contributed by atoms with Crippen molar-refractivity contribution in [1.82, 2.24) is 9.97 Å². The van der Waals surface area contributed by atoms with Gasteiger partial charge in [-0.3, -0.25) is 9.97 Å². The van der Waals surface area contributed by atoms with E-state index in [1.54, 1.807) is 0 Å². The highest BCUT2D eigenvalue weighted by Crippen LogP contribution is 2.26. The number of fused-ring (bicyclic) bond motifs is 3. The summed E-state index contributed by atoms with van der Waals surface area (Å²) in [5.74, 6) is 0. The summed E-state index contributed by atoms with van der Waals surface area (Å²) >= 11 is 0. The van der Waals surface area contributed by atoms with Gasteiger partial charge in [0.2, 0.25) is 0 Å². The molecule has 0 N–H and O–H groups in total. The van der Waals surface area contributed by atoms with Gasteiger partial charge in [-0.05, 0) is 10.4 Å². The smallest absolute Gasteiger partial charge is 0.0964 e. The SMILES string of the molecule is CC[Si](CC)(CC)c1cnc2c(ccc3cc([Si](CC)(CC)CC)cnc32)c1. The molecule has 0 aliphatic carbocycles. The summed E-state index contributed by atoms with van der Waals surface area (Å²) in [7, 11) is -2.81. The molecule has 0 saturated heterocycles. The Bertz CT molecular complexity index is 864. The van der Waals surface area contributed by atoms with Crippen LogP contribution < -0.4 is 10.4 Å². The van der Waals surface area contributed by atoms with Gasteiger partial charge in [0.05, 0.1) is 27.2 Å². The molecule has 0 spiro atoms. The third-order valence-corrected chi connectivity index (χ3v) is 18.9. The Balaban J connectivity index is 2.15. The van der Waals surface area contributed by atoms with Gasteiger partial charge in [-0.15, -0.1) is 0 Å². The van der Waals surface area contributed by atoms with Gasteiger partial charge in [0.25, 0.3) is 0 Å². The molecular weight excluding hydrogens is 372 g/mol. The van der Waals surface area contributed by atoms with Gasteiger partial charge in [0, 0.05) is 23.2 Å². The van der Waals surface area contributed by atoms with Crippen LogP contribution in [0, 0.1) is 0 Å². The van der Waals surface area contributed by atoms with E-state index in [2.05, 4.69) is 78.2 Å². The second-order valence-electron chi connectivity index (χ2n) is 8.34. The number of aromatic nitrogens is 2. The van der Waals surface area contributed by atoms with Crippen LogP contribution in [0.4, 0.5) is 0 Å². The number of hydrogen-bond donors (Lipinski definition) is 0. The monoisotopic (exact) mass is 408 g/mol. The first-order valence-corrected chi connectivity index (χ1v) is 16.5. The van der Waals surface area contributed by atoms with Crippen molar-refractivity contribution in [2.75, 3.05) is 0 Å². The summed E-state index contributed by atoms with van der Waals surface area (Å²) in [4.78, 5) is 9.91. The second kappa shape index (κ2) is 8.46. The van der Waals surface area contributed by atoms with Crippen molar-refractivity contribution in [1.29, 1.82) is 0 Å². The molecule has 0 amide bonds. The molecule has 28 heavy (non-hydrogen) atoms. The summed E-state index contributed by atoms with van der Waals surface area (Å²) in [5.41, 5.74) is 2.13. The number of benzene rings is 1. The van der Waals surface area contributed by atoms with Gasteiger partial charge >= 0.3 is 0 Å². The molecule has 150 valence electrons. The van der Waals surface area contributed by atoms with Crippen LogP contribution in [-0.4, -0.2) is 26.1 Å². The van der Waals surface area contributed by atoms with Crippen LogP contribution in [0.2, 0.25) is 36.3 Å². The first-order chi connectivity index (χ1) is 13.5. The zero-order valence-electron chi connectivity index (χ0n) is 18.6. The highest BCUT2D eigenvalue weighted by molar-refractivity contribution is 6.92. The normalized spacial score (nSPS) is 12.8. The van der Waals surface area contributed by atoms with Gasteiger partial charge < -0.3 is 0 Å². The molecule has 0 bridgehead atoms. The maximum Gasteiger partial charge on any atom is 0.0964 e. The average Bonchev–Trinajstić information content (AvgIpc) is 2.76. The molecule has 1 aromatic carbocycles.